The van der Waals surface area contributed by atoms with Crippen LogP contribution in [-0.4, -0.2) is 18.2 Å². The molecule has 0 bridgehead atoms. The Bertz CT molecular complexity index is 576. The van der Waals surface area contributed by atoms with Crippen LogP contribution in [-0.2, 0) is 0 Å². The van der Waals surface area contributed by atoms with Gasteiger partial charge in [-0.2, -0.15) is 0 Å². The van der Waals surface area contributed by atoms with E-state index < -0.39 is 0 Å². The van der Waals surface area contributed by atoms with Crippen LogP contribution in [0.3, 0.4) is 0 Å². The molecular formula is C18H24N2. The maximum absolute atomic E-state index is 2.53. The van der Waals surface area contributed by atoms with Gasteiger partial charge in [-0.05, 0) is 57.5 Å². The van der Waals surface area contributed by atoms with E-state index in [2.05, 4.69) is 80.8 Å². The summed E-state index contributed by atoms with van der Waals surface area (Å²) in [7, 11) is 0. The van der Waals surface area contributed by atoms with E-state index in [0.717, 1.165) is 0 Å². The van der Waals surface area contributed by atoms with Crippen LogP contribution in [0, 0.1) is 0 Å². The van der Waals surface area contributed by atoms with Crippen LogP contribution in [0.4, 0.5) is 11.4 Å². The highest BCUT2D eigenvalue weighted by atomic mass is 15.4. The van der Waals surface area contributed by atoms with Crippen molar-refractivity contribution < 1.29 is 0 Å². The summed E-state index contributed by atoms with van der Waals surface area (Å²) < 4.78 is 0. The molecule has 20 heavy (non-hydrogen) atoms. The molecule has 2 nitrogen and oxygen atoms in total. The molecule has 2 heteroatoms. The molecule has 0 spiro atoms. The zero-order valence-electron chi connectivity index (χ0n) is 13.1. The second kappa shape index (κ2) is 4.69. The van der Waals surface area contributed by atoms with E-state index in [1.54, 1.807) is 0 Å². The molecule has 0 N–H and O–H groups in total. The fourth-order valence-electron chi connectivity index (χ4n) is 3.59. The largest absolute Gasteiger partial charge is 0.347 e. The summed E-state index contributed by atoms with van der Waals surface area (Å²) in [5.74, 6) is 0. The summed E-state index contributed by atoms with van der Waals surface area (Å²) in [6, 6.07) is 14.4. The van der Waals surface area contributed by atoms with Crippen LogP contribution in [0.15, 0.2) is 36.4 Å². The lowest BCUT2D eigenvalue weighted by Crippen LogP contribution is -2.47. The van der Waals surface area contributed by atoms with E-state index >= 15 is 0 Å². The van der Waals surface area contributed by atoms with E-state index in [9.17, 15) is 0 Å². The Balaban J connectivity index is 2.24. The standard InChI is InChI=1S/C18H24N2/c1-12(2)19-14(5)20(13(3)4)18-11-16-9-7-6-8-15(16)10-17(18)19/h6-14H,1-5H3. The first-order valence-corrected chi connectivity index (χ1v) is 7.60. The molecule has 1 heterocycles. The minimum Gasteiger partial charge on any atom is -0.347 e. The van der Waals surface area contributed by atoms with Gasteiger partial charge in [-0.15, -0.1) is 0 Å². The van der Waals surface area contributed by atoms with E-state index in [1.807, 2.05) is 0 Å². The zero-order valence-corrected chi connectivity index (χ0v) is 13.1. The van der Waals surface area contributed by atoms with Gasteiger partial charge < -0.3 is 9.80 Å². The number of rotatable bonds is 2. The molecule has 1 aliphatic rings. The Kier molecular flexibility index (Phi) is 3.12. The van der Waals surface area contributed by atoms with E-state index in [1.165, 1.54) is 22.1 Å². The summed E-state index contributed by atoms with van der Waals surface area (Å²) in [5.41, 5.74) is 2.75. The van der Waals surface area contributed by atoms with E-state index in [-0.39, 0.29) is 0 Å². The maximum atomic E-state index is 2.53. The molecular weight excluding hydrogens is 244 g/mol. The third-order valence-electron chi connectivity index (χ3n) is 4.32. The molecule has 1 aliphatic heterocycles. The van der Waals surface area contributed by atoms with Crippen molar-refractivity contribution >= 4 is 22.1 Å². The van der Waals surface area contributed by atoms with Crippen molar-refractivity contribution in [2.24, 2.45) is 0 Å². The summed E-state index contributed by atoms with van der Waals surface area (Å²) in [6.07, 6.45) is 0.418. The van der Waals surface area contributed by atoms with Crippen LogP contribution in [0.1, 0.15) is 34.6 Å². The van der Waals surface area contributed by atoms with Crippen molar-refractivity contribution in [3.05, 3.63) is 36.4 Å². The fraction of sp³-hybridized carbons (Fsp3) is 0.444. The number of benzene rings is 2. The number of nitrogens with zero attached hydrogens (tertiary/aromatic N) is 2. The van der Waals surface area contributed by atoms with Gasteiger partial charge >= 0.3 is 0 Å². The van der Waals surface area contributed by atoms with Crippen molar-refractivity contribution in [3.8, 4) is 0 Å². The third kappa shape index (κ3) is 1.86. The van der Waals surface area contributed by atoms with Gasteiger partial charge in [-0.1, -0.05) is 24.3 Å². The normalized spacial score (nSPS) is 15.8. The van der Waals surface area contributed by atoms with Crippen molar-refractivity contribution in [2.45, 2.75) is 52.9 Å². The first kappa shape index (κ1) is 13.3. The SMILES string of the molecule is CC(C)N1c2cc3ccccc3cc2N(C(C)C)C1C. The predicted molar refractivity (Wildman–Crippen MR) is 88.6 cm³/mol. The number of anilines is 2. The quantitative estimate of drug-likeness (QED) is 0.783. The predicted octanol–water partition coefficient (Wildman–Crippen LogP) is 4.63. The van der Waals surface area contributed by atoms with Crippen LogP contribution in [0.5, 0.6) is 0 Å². The molecule has 0 aliphatic carbocycles. The lowest BCUT2D eigenvalue weighted by atomic mass is 10.1. The number of hydrogen-bond donors (Lipinski definition) is 0. The van der Waals surface area contributed by atoms with Gasteiger partial charge in [-0.25, -0.2) is 0 Å². The third-order valence-corrected chi connectivity index (χ3v) is 4.32. The van der Waals surface area contributed by atoms with Gasteiger partial charge in [0.1, 0.15) is 0 Å². The van der Waals surface area contributed by atoms with Crippen LogP contribution in [0.25, 0.3) is 10.8 Å². The molecule has 0 atom stereocenters. The highest BCUT2D eigenvalue weighted by Crippen LogP contribution is 2.44. The second-order valence-corrected chi connectivity index (χ2v) is 6.32. The average Bonchev–Trinajstić information content (AvgIpc) is 2.67. The van der Waals surface area contributed by atoms with Crippen molar-refractivity contribution in [1.29, 1.82) is 0 Å². The summed E-state index contributed by atoms with van der Waals surface area (Å²) in [6.45, 7) is 11.4. The topological polar surface area (TPSA) is 6.48 Å². The van der Waals surface area contributed by atoms with Gasteiger partial charge in [0.15, 0.2) is 0 Å². The molecule has 0 radical (unpaired) electrons. The Morgan fingerprint density at radius 1 is 0.800 bits per heavy atom. The first-order chi connectivity index (χ1) is 9.50. The molecule has 106 valence electrons. The molecule has 2 aromatic rings. The average molecular weight is 268 g/mol. The Labute approximate surface area is 122 Å². The monoisotopic (exact) mass is 268 g/mol. The van der Waals surface area contributed by atoms with Crippen molar-refractivity contribution in [3.63, 3.8) is 0 Å². The summed E-state index contributed by atoms with van der Waals surface area (Å²) >= 11 is 0. The molecule has 0 fully saturated rings. The van der Waals surface area contributed by atoms with E-state index in [4.69, 9.17) is 0 Å². The Morgan fingerprint density at radius 2 is 1.20 bits per heavy atom. The molecule has 0 saturated heterocycles. The highest BCUT2D eigenvalue weighted by Gasteiger charge is 2.35. The van der Waals surface area contributed by atoms with Gasteiger partial charge in [0.25, 0.3) is 0 Å². The van der Waals surface area contributed by atoms with Crippen LogP contribution in [0.2, 0.25) is 0 Å². The molecule has 0 aromatic heterocycles. The molecule has 2 aromatic carbocycles. The molecule has 0 saturated carbocycles. The Morgan fingerprint density at radius 3 is 1.55 bits per heavy atom. The van der Waals surface area contributed by atoms with Gasteiger partial charge in [0, 0.05) is 12.1 Å². The molecule has 0 amide bonds. The van der Waals surface area contributed by atoms with Crippen molar-refractivity contribution in [1.82, 2.24) is 0 Å². The minimum absolute atomic E-state index is 0.418. The smallest absolute Gasteiger partial charge is 0.0993 e. The lowest BCUT2D eigenvalue weighted by Gasteiger charge is -2.35. The minimum atomic E-state index is 0.418. The van der Waals surface area contributed by atoms with Crippen LogP contribution < -0.4 is 9.80 Å². The van der Waals surface area contributed by atoms with Gasteiger partial charge in [0.2, 0.25) is 0 Å². The number of hydrogen-bond acceptors (Lipinski definition) is 2. The Hall–Kier alpha value is -1.70. The van der Waals surface area contributed by atoms with Gasteiger partial charge in [0.05, 0.1) is 17.5 Å². The second-order valence-electron chi connectivity index (χ2n) is 6.32. The first-order valence-electron chi connectivity index (χ1n) is 7.60. The zero-order chi connectivity index (χ0) is 14.4. The van der Waals surface area contributed by atoms with Crippen LogP contribution >= 0.6 is 0 Å². The number of fused-ring (bicyclic) bond motifs is 2. The van der Waals surface area contributed by atoms with Crippen molar-refractivity contribution in [2.75, 3.05) is 9.80 Å². The maximum Gasteiger partial charge on any atom is 0.0993 e. The van der Waals surface area contributed by atoms with E-state index in [0.29, 0.717) is 18.2 Å². The summed E-state index contributed by atoms with van der Waals surface area (Å²) in [4.78, 5) is 5.06. The summed E-state index contributed by atoms with van der Waals surface area (Å²) in [5, 5.41) is 2.66. The molecule has 3 rings (SSSR count). The van der Waals surface area contributed by atoms with Gasteiger partial charge in [-0.3, -0.25) is 0 Å². The highest BCUT2D eigenvalue weighted by molar-refractivity contribution is 5.95. The fourth-order valence-corrected chi connectivity index (χ4v) is 3.59. The lowest BCUT2D eigenvalue weighted by molar-refractivity contribution is 0.539. The molecule has 0 unspecified atom stereocenters.